The van der Waals surface area contributed by atoms with E-state index in [0.29, 0.717) is 17.1 Å². The van der Waals surface area contributed by atoms with Gasteiger partial charge in [0.1, 0.15) is 0 Å². The number of rotatable bonds is 6. The van der Waals surface area contributed by atoms with Gasteiger partial charge in [-0.3, -0.25) is 4.79 Å². The normalized spacial score (nSPS) is 10.8. The summed E-state index contributed by atoms with van der Waals surface area (Å²) in [7, 11) is 0. The molecule has 0 saturated heterocycles. The summed E-state index contributed by atoms with van der Waals surface area (Å²) in [5.41, 5.74) is 0.384. The van der Waals surface area contributed by atoms with Crippen LogP contribution in [0.3, 0.4) is 0 Å². The molecule has 0 bridgehead atoms. The van der Waals surface area contributed by atoms with Crippen LogP contribution in [0.25, 0.3) is 0 Å². The van der Waals surface area contributed by atoms with Crippen molar-refractivity contribution in [3.8, 4) is 0 Å². The van der Waals surface area contributed by atoms with Crippen LogP contribution >= 0.6 is 23.2 Å². The molecule has 3 nitrogen and oxygen atoms in total. The van der Waals surface area contributed by atoms with Gasteiger partial charge in [-0.15, -0.1) is 0 Å². The van der Waals surface area contributed by atoms with E-state index in [4.69, 9.17) is 28.3 Å². The fourth-order valence-corrected chi connectivity index (χ4v) is 2.49. The smallest absolute Gasteiger partial charge is 0.255 e. The summed E-state index contributed by atoms with van der Waals surface area (Å²) in [4.78, 5) is 14.2. The van der Waals surface area contributed by atoms with Crippen LogP contribution in [0.1, 0.15) is 37.0 Å². The maximum atomic E-state index is 12.5. The monoisotopic (exact) mass is 303 g/mol. The Morgan fingerprint density at radius 2 is 1.95 bits per heavy atom. The third-order valence-electron chi connectivity index (χ3n) is 3.17. The number of benzene rings is 1. The first kappa shape index (κ1) is 16.3. The van der Waals surface area contributed by atoms with E-state index in [1.165, 1.54) is 0 Å². The first-order valence-electron chi connectivity index (χ1n) is 6.42. The largest absolute Gasteiger partial charge is 0.395 e. The van der Waals surface area contributed by atoms with E-state index < -0.39 is 0 Å². The Bertz CT molecular complexity index is 433. The van der Waals surface area contributed by atoms with Crippen LogP contribution in [0.2, 0.25) is 10.0 Å². The van der Waals surface area contributed by atoms with Gasteiger partial charge < -0.3 is 10.0 Å². The summed E-state index contributed by atoms with van der Waals surface area (Å²) in [6, 6.07) is 5.10. The fraction of sp³-hybridized carbons (Fsp3) is 0.500. The molecule has 0 fully saturated rings. The second-order valence-electron chi connectivity index (χ2n) is 4.29. The zero-order valence-electron chi connectivity index (χ0n) is 11.2. The average molecular weight is 304 g/mol. The molecular formula is C14H19Cl2NO2. The minimum absolute atomic E-state index is 0.0690. The highest BCUT2D eigenvalue weighted by Crippen LogP contribution is 2.27. The molecule has 1 amide bonds. The summed E-state index contributed by atoms with van der Waals surface area (Å²) in [6.07, 6.45) is 1.67. The first-order valence-corrected chi connectivity index (χ1v) is 7.18. The number of carbonyl (C=O) groups is 1. The van der Waals surface area contributed by atoms with Gasteiger partial charge in [0.05, 0.1) is 22.2 Å². The van der Waals surface area contributed by atoms with Crippen LogP contribution in [0.15, 0.2) is 18.2 Å². The van der Waals surface area contributed by atoms with Crippen molar-refractivity contribution in [3.05, 3.63) is 33.8 Å². The maximum Gasteiger partial charge on any atom is 0.255 e. The fourth-order valence-electron chi connectivity index (χ4n) is 2.11. The molecule has 0 radical (unpaired) electrons. The van der Waals surface area contributed by atoms with Crippen molar-refractivity contribution in [2.45, 2.75) is 32.7 Å². The lowest BCUT2D eigenvalue weighted by molar-refractivity contribution is 0.0622. The third-order valence-corrected chi connectivity index (χ3v) is 3.99. The lowest BCUT2D eigenvalue weighted by atomic mass is 10.1. The molecule has 0 unspecified atom stereocenters. The Balaban J connectivity index is 3.08. The lowest BCUT2D eigenvalue weighted by Gasteiger charge is -2.30. The standard InChI is InChI=1S/C14H19Cl2NO2/c1-3-10(4-2)17(8-9-18)14(19)11-6-5-7-12(15)13(11)16/h5-7,10,18H,3-4,8-9H2,1-2H3. The quantitative estimate of drug-likeness (QED) is 0.872. The van der Waals surface area contributed by atoms with Crippen LogP contribution in [-0.2, 0) is 0 Å². The maximum absolute atomic E-state index is 12.5. The minimum atomic E-state index is -0.185. The van der Waals surface area contributed by atoms with Crippen molar-refractivity contribution in [2.75, 3.05) is 13.2 Å². The van der Waals surface area contributed by atoms with E-state index in [1.54, 1.807) is 23.1 Å². The van der Waals surface area contributed by atoms with Gasteiger partial charge in [0.2, 0.25) is 0 Å². The van der Waals surface area contributed by atoms with E-state index in [1.807, 2.05) is 13.8 Å². The Morgan fingerprint density at radius 1 is 1.32 bits per heavy atom. The summed E-state index contributed by atoms with van der Waals surface area (Å²) in [5, 5.41) is 9.77. The van der Waals surface area contributed by atoms with Gasteiger partial charge in [-0.05, 0) is 25.0 Å². The Morgan fingerprint density at radius 3 is 2.47 bits per heavy atom. The number of aliphatic hydroxyl groups is 1. The highest BCUT2D eigenvalue weighted by molar-refractivity contribution is 6.43. The van der Waals surface area contributed by atoms with Crippen molar-refractivity contribution in [1.29, 1.82) is 0 Å². The number of amides is 1. The number of carbonyl (C=O) groups excluding carboxylic acids is 1. The zero-order valence-corrected chi connectivity index (χ0v) is 12.7. The molecule has 0 heterocycles. The van der Waals surface area contributed by atoms with Gasteiger partial charge in [0.15, 0.2) is 0 Å². The SMILES string of the molecule is CCC(CC)N(CCO)C(=O)c1cccc(Cl)c1Cl. The summed E-state index contributed by atoms with van der Waals surface area (Å²) in [6.45, 7) is 4.27. The predicted molar refractivity (Wildman–Crippen MR) is 79.0 cm³/mol. The molecule has 0 spiro atoms. The number of nitrogens with zero attached hydrogens (tertiary/aromatic N) is 1. The summed E-state index contributed by atoms with van der Waals surface area (Å²) < 4.78 is 0. The predicted octanol–water partition coefficient (Wildman–Crippen LogP) is 3.62. The first-order chi connectivity index (χ1) is 9.06. The number of hydrogen-bond donors (Lipinski definition) is 1. The molecule has 1 N–H and O–H groups in total. The highest BCUT2D eigenvalue weighted by Gasteiger charge is 2.24. The van der Waals surface area contributed by atoms with Crippen LogP contribution in [0, 0.1) is 0 Å². The van der Waals surface area contributed by atoms with E-state index in [2.05, 4.69) is 0 Å². The van der Waals surface area contributed by atoms with Crippen molar-refractivity contribution < 1.29 is 9.90 Å². The van der Waals surface area contributed by atoms with E-state index in [-0.39, 0.29) is 23.6 Å². The van der Waals surface area contributed by atoms with Crippen molar-refractivity contribution in [3.63, 3.8) is 0 Å². The summed E-state index contributed by atoms with van der Waals surface area (Å²) in [5.74, 6) is -0.185. The number of hydrogen-bond acceptors (Lipinski definition) is 2. The van der Waals surface area contributed by atoms with Gasteiger partial charge in [0, 0.05) is 12.6 Å². The van der Waals surface area contributed by atoms with Gasteiger partial charge in [-0.1, -0.05) is 43.1 Å². The van der Waals surface area contributed by atoms with Crippen molar-refractivity contribution in [2.24, 2.45) is 0 Å². The molecule has 0 aromatic heterocycles. The van der Waals surface area contributed by atoms with Crippen LogP contribution < -0.4 is 0 Å². The van der Waals surface area contributed by atoms with Crippen LogP contribution in [0.4, 0.5) is 0 Å². The lowest BCUT2D eigenvalue weighted by Crippen LogP contribution is -2.41. The van der Waals surface area contributed by atoms with Crippen molar-refractivity contribution in [1.82, 2.24) is 4.90 Å². The zero-order chi connectivity index (χ0) is 14.4. The van der Waals surface area contributed by atoms with Gasteiger partial charge in [-0.25, -0.2) is 0 Å². The molecule has 1 aromatic rings. The molecule has 0 aliphatic carbocycles. The topological polar surface area (TPSA) is 40.5 Å². The number of aliphatic hydroxyl groups excluding tert-OH is 1. The van der Waals surface area contributed by atoms with Gasteiger partial charge >= 0.3 is 0 Å². The molecule has 1 aromatic carbocycles. The number of halogens is 2. The van der Waals surface area contributed by atoms with E-state index in [9.17, 15) is 4.79 Å². The third kappa shape index (κ3) is 3.85. The average Bonchev–Trinajstić information content (AvgIpc) is 2.41. The molecular weight excluding hydrogens is 285 g/mol. The molecule has 0 atom stereocenters. The van der Waals surface area contributed by atoms with Crippen LogP contribution in [-0.4, -0.2) is 35.1 Å². The molecule has 0 aliphatic heterocycles. The van der Waals surface area contributed by atoms with E-state index in [0.717, 1.165) is 12.8 Å². The molecule has 19 heavy (non-hydrogen) atoms. The minimum Gasteiger partial charge on any atom is -0.395 e. The molecule has 5 heteroatoms. The van der Waals surface area contributed by atoms with E-state index >= 15 is 0 Å². The summed E-state index contributed by atoms with van der Waals surface area (Å²) >= 11 is 12.0. The Kier molecular flexibility index (Phi) is 6.63. The highest BCUT2D eigenvalue weighted by atomic mass is 35.5. The van der Waals surface area contributed by atoms with Gasteiger partial charge in [0.25, 0.3) is 5.91 Å². The molecule has 1 rings (SSSR count). The molecule has 0 aliphatic rings. The van der Waals surface area contributed by atoms with Crippen molar-refractivity contribution >= 4 is 29.1 Å². The molecule has 0 saturated carbocycles. The van der Waals surface area contributed by atoms with Gasteiger partial charge in [-0.2, -0.15) is 0 Å². The molecule has 106 valence electrons. The second kappa shape index (κ2) is 7.73. The Hall–Kier alpha value is -0.770. The Labute approximate surface area is 124 Å². The second-order valence-corrected chi connectivity index (χ2v) is 5.08. The van der Waals surface area contributed by atoms with Crippen LogP contribution in [0.5, 0.6) is 0 Å².